The van der Waals surface area contributed by atoms with Crippen molar-refractivity contribution in [3.05, 3.63) is 69.5 Å². The first-order valence-electron chi connectivity index (χ1n) is 8.15. The molecule has 7 nitrogen and oxygen atoms in total. The second kappa shape index (κ2) is 6.21. The molecule has 0 saturated carbocycles. The van der Waals surface area contributed by atoms with Gasteiger partial charge in [-0.15, -0.1) is 10.2 Å². The van der Waals surface area contributed by atoms with Crippen molar-refractivity contribution in [3.8, 4) is 11.8 Å². The highest BCUT2D eigenvalue weighted by Crippen LogP contribution is 2.19. The van der Waals surface area contributed by atoms with Crippen molar-refractivity contribution in [2.45, 2.75) is 13.5 Å². The lowest BCUT2D eigenvalue weighted by Gasteiger charge is -2.09. The van der Waals surface area contributed by atoms with E-state index in [1.807, 2.05) is 25.1 Å². The van der Waals surface area contributed by atoms with Crippen LogP contribution in [0, 0.1) is 24.1 Å². The van der Waals surface area contributed by atoms with Crippen LogP contribution in [-0.2, 0) is 13.7 Å². The van der Waals surface area contributed by atoms with Gasteiger partial charge in [0.25, 0.3) is 5.56 Å². The molecule has 4 rings (SSSR count). The summed E-state index contributed by atoms with van der Waals surface area (Å²) in [6.07, 6.45) is 0. The number of hydrogen-bond donors (Lipinski definition) is 0. The molecular formula is C19H14FN5O2. The molecule has 8 heteroatoms. The minimum atomic E-state index is -0.649. The first-order valence-corrected chi connectivity index (χ1v) is 8.15. The first kappa shape index (κ1) is 16.7. The van der Waals surface area contributed by atoms with Gasteiger partial charge in [0.2, 0.25) is 5.78 Å². The van der Waals surface area contributed by atoms with Crippen molar-refractivity contribution < 1.29 is 9.13 Å². The molecular weight excluding hydrogens is 349 g/mol. The Balaban J connectivity index is 1.79. The molecule has 0 aliphatic heterocycles. The average molecular weight is 363 g/mol. The summed E-state index contributed by atoms with van der Waals surface area (Å²) < 4.78 is 22.5. The van der Waals surface area contributed by atoms with E-state index in [9.17, 15) is 9.18 Å². The Morgan fingerprint density at radius 3 is 2.78 bits per heavy atom. The van der Waals surface area contributed by atoms with Crippen molar-refractivity contribution in [1.29, 1.82) is 5.26 Å². The fraction of sp³-hybridized carbons (Fsp3) is 0.158. The van der Waals surface area contributed by atoms with Crippen LogP contribution in [0.25, 0.3) is 16.7 Å². The zero-order valence-corrected chi connectivity index (χ0v) is 14.6. The summed E-state index contributed by atoms with van der Waals surface area (Å²) in [6.45, 7) is 1.94. The van der Waals surface area contributed by atoms with E-state index in [2.05, 4.69) is 10.2 Å². The van der Waals surface area contributed by atoms with E-state index in [0.717, 1.165) is 11.6 Å². The van der Waals surface area contributed by atoms with Crippen LogP contribution in [0.5, 0.6) is 5.75 Å². The van der Waals surface area contributed by atoms with Gasteiger partial charge in [-0.2, -0.15) is 5.26 Å². The molecule has 0 N–H and O–H groups in total. The van der Waals surface area contributed by atoms with Gasteiger partial charge in [-0.3, -0.25) is 13.8 Å². The fourth-order valence-electron chi connectivity index (χ4n) is 2.98. The van der Waals surface area contributed by atoms with Crippen LogP contribution in [-0.4, -0.2) is 19.2 Å². The molecule has 0 spiro atoms. The summed E-state index contributed by atoms with van der Waals surface area (Å²) in [7, 11) is 1.63. The number of fused-ring (bicyclic) bond motifs is 3. The summed E-state index contributed by atoms with van der Waals surface area (Å²) in [5.41, 5.74) is 1.44. The molecule has 2 aromatic carbocycles. The lowest BCUT2D eigenvalue weighted by atomic mass is 10.1. The molecule has 0 radical (unpaired) electrons. The van der Waals surface area contributed by atoms with E-state index in [1.54, 1.807) is 17.5 Å². The van der Waals surface area contributed by atoms with Crippen LogP contribution in [0.4, 0.5) is 4.39 Å². The monoisotopic (exact) mass is 363 g/mol. The largest absolute Gasteiger partial charge is 0.485 e. The van der Waals surface area contributed by atoms with E-state index < -0.39 is 5.82 Å². The highest BCUT2D eigenvalue weighted by molar-refractivity contribution is 5.81. The quantitative estimate of drug-likeness (QED) is 0.558. The third-order valence-electron chi connectivity index (χ3n) is 4.37. The second-order valence-corrected chi connectivity index (χ2v) is 6.18. The Labute approximate surface area is 152 Å². The molecule has 0 bridgehead atoms. The van der Waals surface area contributed by atoms with Gasteiger partial charge < -0.3 is 4.74 Å². The Kier molecular flexibility index (Phi) is 3.85. The zero-order chi connectivity index (χ0) is 19.1. The third kappa shape index (κ3) is 2.69. The molecule has 0 fully saturated rings. The van der Waals surface area contributed by atoms with Crippen molar-refractivity contribution in [1.82, 2.24) is 19.2 Å². The minimum Gasteiger partial charge on any atom is -0.485 e. The van der Waals surface area contributed by atoms with Gasteiger partial charge in [-0.1, -0.05) is 11.6 Å². The van der Waals surface area contributed by atoms with E-state index in [1.165, 1.54) is 16.7 Å². The molecule has 27 heavy (non-hydrogen) atoms. The molecule has 4 aromatic rings. The maximum absolute atomic E-state index is 13.7. The van der Waals surface area contributed by atoms with Crippen LogP contribution in [0.3, 0.4) is 0 Å². The summed E-state index contributed by atoms with van der Waals surface area (Å²) in [5.74, 6) is 0.484. The van der Waals surface area contributed by atoms with Crippen LogP contribution in [0.2, 0.25) is 0 Å². The molecule has 0 atom stereocenters. The zero-order valence-electron chi connectivity index (χ0n) is 14.6. The standard InChI is InChI=1S/C19H14FN5O2/c1-11-3-6-16-14(7-11)18(26)24(2)19-23-22-17(25(16)19)10-27-13-5-4-12(9-21)15(20)8-13/h3-8H,10H2,1-2H3. The van der Waals surface area contributed by atoms with Gasteiger partial charge in [0, 0.05) is 13.1 Å². The summed E-state index contributed by atoms with van der Waals surface area (Å²) in [6, 6.07) is 11.3. The number of ether oxygens (including phenoxy) is 1. The third-order valence-corrected chi connectivity index (χ3v) is 4.37. The van der Waals surface area contributed by atoms with Crippen molar-refractivity contribution in [3.63, 3.8) is 0 Å². The predicted molar refractivity (Wildman–Crippen MR) is 95.9 cm³/mol. The van der Waals surface area contributed by atoms with E-state index in [4.69, 9.17) is 10.00 Å². The number of rotatable bonds is 3. The summed E-state index contributed by atoms with van der Waals surface area (Å²) in [4.78, 5) is 12.6. The molecule has 2 aromatic heterocycles. The number of benzene rings is 2. The molecule has 0 amide bonds. The van der Waals surface area contributed by atoms with Gasteiger partial charge >= 0.3 is 0 Å². The number of halogens is 1. The van der Waals surface area contributed by atoms with Gasteiger partial charge in [0.1, 0.15) is 24.2 Å². The Morgan fingerprint density at radius 1 is 1.22 bits per heavy atom. The van der Waals surface area contributed by atoms with Crippen molar-refractivity contribution >= 4 is 16.7 Å². The molecule has 0 saturated heterocycles. The average Bonchev–Trinajstić information content (AvgIpc) is 3.08. The lowest BCUT2D eigenvalue weighted by molar-refractivity contribution is 0.293. The van der Waals surface area contributed by atoms with E-state index in [0.29, 0.717) is 22.5 Å². The van der Waals surface area contributed by atoms with Gasteiger partial charge in [-0.25, -0.2) is 4.39 Å². The maximum Gasteiger partial charge on any atom is 0.262 e. The van der Waals surface area contributed by atoms with Gasteiger partial charge in [0.05, 0.1) is 16.5 Å². The normalized spacial score (nSPS) is 11.0. The van der Waals surface area contributed by atoms with E-state index >= 15 is 0 Å². The van der Waals surface area contributed by atoms with Crippen LogP contribution in [0.15, 0.2) is 41.2 Å². The maximum atomic E-state index is 13.7. The SMILES string of the molecule is Cc1ccc2c(c1)c(=O)n(C)c1nnc(COc3ccc(C#N)c(F)c3)n21. The number of hydrogen-bond acceptors (Lipinski definition) is 5. The number of nitrogens with zero attached hydrogens (tertiary/aromatic N) is 5. The number of nitriles is 1. The smallest absolute Gasteiger partial charge is 0.262 e. The second-order valence-electron chi connectivity index (χ2n) is 6.18. The van der Waals surface area contributed by atoms with Crippen molar-refractivity contribution in [2.24, 2.45) is 7.05 Å². The summed E-state index contributed by atoms with van der Waals surface area (Å²) >= 11 is 0. The Hall–Kier alpha value is -3.73. The van der Waals surface area contributed by atoms with Gasteiger partial charge in [-0.05, 0) is 31.2 Å². The molecule has 134 valence electrons. The molecule has 0 aliphatic rings. The summed E-state index contributed by atoms with van der Waals surface area (Å²) in [5, 5.41) is 17.6. The predicted octanol–water partition coefficient (Wildman–Crippen LogP) is 2.48. The highest BCUT2D eigenvalue weighted by Gasteiger charge is 2.15. The topological polar surface area (TPSA) is 85.2 Å². The molecule has 0 aliphatic carbocycles. The highest BCUT2D eigenvalue weighted by atomic mass is 19.1. The Morgan fingerprint density at radius 2 is 2.04 bits per heavy atom. The van der Waals surface area contributed by atoms with Gasteiger partial charge in [0.15, 0.2) is 5.82 Å². The van der Waals surface area contributed by atoms with Crippen molar-refractivity contribution in [2.75, 3.05) is 0 Å². The molecule has 2 heterocycles. The van der Waals surface area contributed by atoms with Crippen LogP contribution in [0.1, 0.15) is 17.0 Å². The number of aryl methyl sites for hydroxylation is 2. The first-order chi connectivity index (χ1) is 13.0. The fourth-order valence-corrected chi connectivity index (χ4v) is 2.98. The number of aromatic nitrogens is 4. The van der Waals surface area contributed by atoms with E-state index in [-0.39, 0.29) is 23.5 Å². The Bertz CT molecular complexity index is 1300. The van der Waals surface area contributed by atoms with Crippen LogP contribution < -0.4 is 10.3 Å². The molecule has 0 unspecified atom stereocenters. The minimum absolute atomic E-state index is 0.0215. The lowest BCUT2D eigenvalue weighted by Crippen LogP contribution is -2.20. The van der Waals surface area contributed by atoms with Crippen LogP contribution >= 0.6 is 0 Å².